The number of quaternary nitrogens is 1. The third kappa shape index (κ3) is 14.0. The van der Waals surface area contributed by atoms with Crippen LogP contribution >= 0.6 is 0 Å². The zero-order chi connectivity index (χ0) is 20.2. The van der Waals surface area contributed by atoms with Gasteiger partial charge in [0.15, 0.2) is 6.54 Å². The van der Waals surface area contributed by atoms with E-state index in [0.717, 1.165) is 38.5 Å². The minimum atomic E-state index is -3.92. The van der Waals surface area contributed by atoms with Gasteiger partial charge >= 0.3 is 5.97 Å². The molecule has 154 valence electrons. The van der Waals surface area contributed by atoms with Crippen LogP contribution in [0.4, 0.5) is 0 Å². The molecule has 1 atom stereocenters. The highest BCUT2D eigenvalue weighted by atomic mass is 32.2. The fraction of sp³-hybridized carbons (Fsp3) is 0.882. The minimum Gasteiger partial charge on any atom is -0.477 e. The van der Waals surface area contributed by atoms with Crippen LogP contribution in [-0.2, 0) is 19.7 Å². The van der Waals surface area contributed by atoms with Gasteiger partial charge in [0.05, 0.1) is 25.9 Å². The van der Waals surface area contributed by atoms with Gasteiger partial charge in [-0.1, -0.05) is 25.7 Å². The fourth-order valence-corrected chi connectivity index (χ4v) is 3.13. The van der Waals surface area contributed by atoms with E-state index in [9.17, 15) is 18.0 Å². The number of carbonyl (C=O) groups is 2. The normalized spacial score (nSPS) is 13.4. The van der Waals surface area contributed by atoms with Crippen molar-refractivity contribution in [1.82, 2.24) is 5.32 Å². The van der Waals surface area contributed by atoms with Crippen molar-refractivity contribution < 1.29 is 32.1 Å². The summed E-state index contributed by atoms with van der Waals surface area (Å²) in [5, 5.41) is 10.9. The first kappa shape index (κ1) is 24.8. The monoisotopic (exact) mass is 395 g/mol. The summed E-state index contributed by atoms with van der Waals surface area (Å²) in [7, 11) is -0.213. The predicted octanol–water partition coefficient (Wildman–Crippen LogP) is 1.66. The molecule has 0 heterocycles. The molecule has 0 aliphatic carbocycles. The molecule has 1 unspecified atom stereocenters. The minimum absolute atomic E-state index is 0.00790. The van der Waals surface area contributed by atoms with Gasteiger partial charge in [0.25, 0.3) is 10.1 Å². The summed E-state index contributed by atoms with van der Waals surface area (Å²) in [5.74, 6) is -0.819. The van der Waals surface area contributed by atoms with Gasteiger partial charge in [0, 0.05) is 19.4 Å². The second-order valence-electron chi connectivity index (χ2n) is 7.55. The van der Waals surface area contributed by atoms with Crippen LogP contribution in [0.25, 0.3) is 0 Å². The molecule has 0 aromatic heterocycles. The van der Waals surface area contributed by atoms with Crippen LogP contribution in [0.2, 0.25) is 0 Å². The Hall–Kier alpha value is -1.19. The Labute approximate surface area is 157 Å². The number of carboxylic acids is 1. The van der Waals surface area contributed by atoms with Crippen molar-refractivity contribution in [2.75, 3.05) is 33.7 Å². The lowest BCUT2D eigenvalue weighted by Crippen LogP contribution is -2.45. The molecule has 0 aromatic rings. The van der Waals surface area contributed by atoms with E-state index in [1.54, 1.807) is 0 Å². The van der Waals surface area contributed by atoms with Crippen LogP contribution < -0.4 is 5.32 Å². The average molecular weight is 396 g/mol. The Balaban J connectivity index is 3.60. The SMILES string of the molecule is CC(CCCCCCCC(=O)NCCC[N+](C)(C)CC(=O)O)S(=O)(=O)O. The molecular weight excluding hydrogens is 360 g/mol. The maximum Gasteiger partial charge on any atom is 0.359 e. The lowest BCUT2D eigenvalue weighted by Gasteiger charge is -2.27. The van der Waals surface area contributed by atoms with Crippen LogP contribution in [0.5, 0.6) is 0 Å². The van der Waals surface area contributed by atoms with Gasteiger partial charge in [0.1, 0.15) is 0 Å². The third-order valence-electron chi connectivity index (χ3n) is 4.35. The highest BCUT2D eigenvalue weighted by Gasteiger charge is 2.18. The Morgan fingerprint density at radius 1 is 1.04 bits per heavy atom. The van der Waals surface area contributed by atoms with Crippen molar-refractivity contribution in [3.63, 3.8) is 0 Å². The summed E-state index contributed by atoms with van der Waals surface area (Å²) in [6.45, 7) is 2.81. The van der Waals surface area contributed by atoms with Gasteiger partial charge < -0.3 is 14.9 Å². The van der Waals surface area contributed by atoms with Crippen LogP contribution in [0.1, 0.15) is 58.3 Å². The number of likely N-dealkylation sites (N-methyl/N-ethyl adjacent to an activating group) is 1. The van der Waals surface area contributed by atoms with Crippen molar-refractivity contribution in [3.8, 4) is 0 Å². The molecule has 8 nitrogen and oxygen atoms in total. The molecule has 0 aliphatic heterocycles. The molecule has 1 amide bonds. The third-order valence-corrected chi connectivity index (χ3v) is 5.60. The molecule has 0 spiro atoms. The topological polar surface area (TPSA) is 121 Å². The van der Waals surface area contributed by atoms with E-state index in [2.05, 4.69) is 5.32 Å². The number of unbranched alkanes of at least 4 members (excludes halogenated alkanes) is 4. The number of hydrogen-bond acceptors (Lipinski definition) is 4. The summed E-state index contributed by atoms with van der Waals surface area (Å²) in [4.78, 5) is 22.5. The molecular formula is C17H35N2O6S+. The lowest BCUT2D eigenvalue weighted by molar-refractivity contribution is -0.883. The Bertz CT molecular complexity index is 533. The second-order valence-corrected chi connectivity index (χ2v) is 9.38. The molecule has 0 aliphatic rings. The molecule has 0 aromatic carbocycles. The molecule has 0 bridgehead atoms. The molecule has 3 N–H and O–H groups in total. The van der Waals surface area contributed by atoms with Gasteiger partial charge in [-0.05, 0) is 19.8 Å². The molecule has 0 saturated heterocycles. The highest BCUT2D eigenvalue weighted by Crippen LogP contribution is 2.12. The number of rotatable bonds is 15. The van der Waals surface area contributed by atoms with Crippen molar-refractivity contribution in [1.29, 1.82) is 0 Å². The van der Waals surface area contributed by atoms with Crippen molar-refractivity contribution >= 4 is 22.0 Å². The van der Waals surface area contributed by atoms with Gasteiger partial charge in [-0.15, -0.1) is 0 Å². The average Bonchev–Trinajstić information content (AvgIpc) is 2.48. The molecule has 0 saturated carbocycles. The number of carbonyl (C=O) groups excluding carboxylic acids is 1. The highest BCUT2D eigenvalue weighted by molar-refractivity contribution is 7.86. The first-order valence-corrected chi connectivity index (χ1v) is 10.7. The van der Waals surface area contributed by atoms with E-state index >= 15 is 0 Å². The lowest BCUT2D eigenvalue weighted by atomic mass is 10.1. The van der Waals surface area contributed by atoms with Crippen LogP contribution in [0.15, 0.2) is 0 Å². The standard InChI is InChI=1S/C17H34N2O6S/c1-15(26(23,24)25)10-7-5-4-6-8-11-16(20)18-12-9-13-19(2,3)14-17(21)22/h15H,4-14H2,1-3H3,(H2-,18,20,21,22,23,24,25)/p+1. The smallest absolute Gasteiger partial charge is 0.359 e. The summed E-state index contributed by atoms with van der Waals surface area (Å²) >= 11 is 0. The molecule has 0 radical (unpaired) electrons. The molecule has 9 heteroatoms. The maximum absolute atomic E-state index is 11.7. The number of amides is 1. The van der Waals surface area contributed by atoms with Gasteiger partial charge in [-0.25, -0.2) is 4.79 Å². The Morgan fingerprint density at radius 3 is 2.19 bits per heavy atom. The van der Waals surface area contributed by atoms with Gasteiger partial charge in [-0.3, -0.25) is 9.35 Å². The second kappa shape index (κ2) is 12.2. The largest absolute Gasteiger partial charge is 0.477 e. The Morgan fingerprint density at radius 2 is 1.62 bits per heavy atom. The summed E-state index contributed by atoms with van der Waals surface area (Å²) in [5.41, 5.74) is 0. The number of nitrogens with one attached hydrogen (secondary N) is 1. The van der Waals surface area contributed by atoms with E-state index in [1.807, 2.05) is 14.1 Å². The van der Waals surface area contributed by atoms with E-state index in [0.29, 0.717) is 30.4 Å². The van der Waals surface area contributed by atoms with Crippen LogP contribution in [0, 0.1) is 0 Å². The number of nitrogens with zero attached hydrogens (tertiary/aromatic N) is 1. The molecule has 26 heavy (non-hydrogen) atoms. The number of aliphatic carboxylic acids is 1. The van der Waals surface area contributed by atoms with Crippen molar-refractivity contribution in [2.24, 2.45) is 0 Å². The van der Waals surface area contributed by atoms with Crippen LogP contribution in [-0.4, -0.2) is 73.4 Å². The summed E-state index contributed by atoms with van der Waals surface area (Å²) in [6.07, 6.45) is 5.93. The van der Waals surface area contributed by atoms with E-state index in [-0.39, 0.29) is 12.5 Å². The number of carboxylic acid groups (broad SMARTS) is 1. The van der Waals surface area contributed by atoms with Crippen LogP contribution in [0.3, 0.4) is 0 Å². The fourth-order valence-electron chi connectivity index (χ4n) is 2.67. The van der Waals surface area contributed by atoms with E-state index < -0.39 is 21.3 Å². The quantitative estimate of drug-likeness (QED) is 0.220. The van der Waals surface area contributed by atoms with E-state index in [4.69, 9.17) is 9.66 Å². The van der Waals surface area contributed by atoms with E-state index in [1.165, 1.54) is 6.92 Å². The number of hydrogen-bond donors (Lipinski definition) is 3. The first-order chi connectivity index (χ1) is 11.9. The maximum atomic E-state index is 11.7. The summed E-state index contributed by atoms with van der Waals surface area (Å²) in [6, 6.07) is 0. The summed E-state index contributed by atoms with van der Waals surface area (Å²) < 4.78 is 31.0. The first-order valence-electron chi connectivity index (χ1n) is 9.21. The van der Waals surface area contributed by atoms with Crippen molar-refractivity contribution in [3.05, 3.63) is 0 Å². The van der Waals surface area contributed by atoms with Gasteiger partial charge in [0.2, 0.25) is 5.91 Å². The molecule has 0 fully saturated rings. The molecule has 0 rings (SSSR count). The predicted molar refractivity (Wildman–Crippen MR) is 100 cm³/mol. The Kier molecular flexibility index (Phi) is 11.7. The zero-order valence-corrected chi connectivity index (χ0v) is 17.1. The zero-order valence-electron chi connectivity index (χ0n) is 16.2. The van der Waals surface area contributed by atoms with Gasteiger partial charge in [-0.2, -0.15) is 8.42 Å². The van der Waals surface area contributed by atoms with Crippen molar-refractivity contribution in [2.45, 2.75) is 63.5 Å².